The van der Waals surface area contributed by atoms with Crippen LogP contribution in [0.3, 0.4) is 0 Å². The van der Waals surface area contributed by atoms with E-state index in [4.69, 9.17) is 9.84 Å². The van der Waals surface area contributed by atoms with Crippen LogP contribution >= 0.6 is 0 Å². The lowest BCUT2D eigenvalue weighted by Crippen LogP contribution is -2.47. The van der Waals surface area contributed by atoms with Crippen molar-refractivity contribution in [3.05, 3.63) is 0 Å². The lowest BCUT2D eigenvalue weighted by atomic mass is 9.60. The summed E-state index contributed by atoms with van der Waals surface area (Å²) in [5.74, 6) is -0.157. The van der Waals surface area contributed by atoms with Gasteiger partial charge in [-0.05, 0) is 38.0 Å². The molecule has 0 heterocycles. The maximum Gasteiger partial charge on any atom is 0.312 e. The van der Waals surface area contributed by atoms with Gasteiger partial charge in [0.25, 0.3) is 0 Å². The fraction of sp³-hybridized carbons (Fsp3) is 0.944. The minimum Gasteiger partial charge on any atom is -0.459 e. The van der Waals surface area contributed by atoms with Crippen molar-refractivity contribution in [3.63, 3.8) is 0 Å². The summed E-state index contributed by atoms with van der Waals surface area (Å²) in [6.45, 7) is 18.6. The molecule has 1 N–H and O–H groups in total. The van der Waals surface area contributed by atoms with Crippen molar-refractivity contribution in [3.8, 4) is 0 Å². The Morgan fingerprint density at radius 2 is 1.48 bits per heavy atom. The molecule has 0 saturated carbocycles. The molecule has 0 aliphatic heterocycles. The number of carbonyl (C=O) groups is 1. The highest BCUT2D eigenvalue weighted by molar-refractivity contribution is 5.78. The zero-order valence-corrected chi connectivity index (χ0v) is 15.6. The second-order valence-corrected chi connectivity index (χ2v) is 8.90. The molecule has 0 aliphatic carbocycles. The standard InChI is InChI=1S/C18H36O3/c1-10-16(5,6)13-18(9,15(2,3)4)14(20)21-17(7,8)11-12-19/h19H,10-13H2,1-9H3. The molecule has 0 radical (unpaired) electrons. The van der Waals surface area contributed by atoms with E-state index in [1.54, 1.807) is 0 Å². The van der Waals surface area contributed by atoms with Gasteiger partial charge in [-0.2, -0.15) is 0 Å². The highest BCUT2D eigenvalue weighted by atomic mass is 16.6. The Bertz CT molecular complexity index is 350. The van der Waals surface area contributed by atoms with E-state index in [-0.39, 0.29) is 23.4 Å². The molecule has 0 aromatic rings. The van der Waals surface area contributed by atoms with Gasteiger partial charge in [0.05, 0.1) is 5.41 Å². The molecular weight excluding hydrogens is 264 g/mol. The summed E-state index contributed by atoms with van der Waals surface area (Å²) < 4.78 is 5.76. The molecule has 21 heavy (non-hydrogen) atoms. The van der Waals surface area contributed by atoms with E-state index < -0.39 is 11.0 Å². The maximum atomic E-state index is 12.9. The molecule has 0 aromatic carbocycles. The Balaban J connectivity index is 5.40. The van der Waals surface area contributed by atoms with Crippen molar-refractivity contribution in [2.75, 3.05) is 6.61 Å². The Morgan fingerprint density at radius 3 is 1.81 bits per heavy atom. The minimum atomic E-state index is -0.630. The van der Waals surface area contributed by atoms with Crippen LogP contribution in [0.15, 0.2) is 0 Å². The monoisotopic (exact) mass is 300 g/mol. The molecule has 0 aromatic heterocycles. The van der Waals surface area contributed by atoms with Crippen LogP contribution in [0.1, 0.15) is 81.6 Å². The first-order chi connectivity index (χ1) is 9.21. The van der Waals surface area contributed by atoms with E-state index in [0.717, 1.165) is 12.8 Å². The third-order valence-corrected chi connectivity index (χ3v) is 4.98. The van der Waals surface area contributed by atoms with E-state index in [9.17, 15) is 4.79 Å². The molecule has 1 unspecified atom stereocenters. The number of hydrogen-bond donors (Lipinski definition) is 1. The first-order valence-electron chi connectivity index (χ1n) is 8.05. The van der Waals surface area contributed by atoms with Crippen molar-refractivity contribution in [2.45, 2.75) is 87.2 Å². The summed E-state index contributed by atoms with van der Waals surface area (Å²) in [5.41, 5.74) is -1.29. The van der Waals surface area contributed by atoms with Crippen LogP contribution < -0.4 is 0 Å². The van der Waals surface area contributed by atoms with Crippen molar-refractivity contribution < 1.29 is 14.6 Å². The Labute approximate surface area is 131 Å². The summed E-state index contributed by atoms with van der Waals surface area (Å²) in [6, 6.07) is 0. The third kappa shape index (κ3) is 5.61. The van der Waals surface area contributed by atoms with Gasteiger partial charge in [-0.15, -0.1) is 0 Å². The van der Waals surface area contributed by atoms with Gasteiger partial charge in [-0.25, -0.2) is 0 Å². The van der Waals surface area contributed by atoms with Crippen LogP contribution in [0.4, 0.5) is 0 Å². The normalized spacial score (nSPS) is 16.5. The molecule has 0 spiro atoms. The molecule has 0 bridgehead atoms. The predicted molar refractivity (Wildman–Crippen MR) is 88.1 cm³/mol. The van der Waals surface area contributed by atoms with Gasteiger partial charge < -0.3 is 9.84 Å². The van der Waals surface area contributed by atoms with Crippen LogP contribution in [0.2, 0.25) is 0 Å². The lowest BCUT2D eigenvalue weighted by Gasteiger charge is -2.45. The van der Waals surface area contributed by atoms with E-state index in [0.29, 0.717) is 6.42 Å². The van der Waals surface area contributed by atoms with Gasteiger partial charge >= 0.3 is 5.97 Å². The molecule has 0 aliphatic rings. The number of carbonyl (C=O) groups excluding carboxylic acids is 1. The molecule has 3 heteroatoms. The van der Waals surface area contributed by atoms with Crippen molar-refractivity contribution in [1.82, 2.24) is 0 Å². The zero-order chi connectivity index (χ0) is 17.1. The summed E-state index contributed by atoms with van der Waals surface area (Å²) in [5, 5.41) is 9.11. The predicted octanol–water partition coefficient (Wildman–Crippen LogP) is 4.57. The molecule has 0 rings (SSSR count). The Hall–Kier alpha value is -0.570. The van der Waals surface area contributed by atoms with Crippen LogP contribution in [0, 0.1) is 16.2 Å². The number of hydrogen-bond acceptors (Lipinski definition) is 3. The Kier molecular flexibility index (Phi) is 6.50. The summed E-state index contributed by atoms with van der Waals surface area (Å²) in [4.78, 5) is 12.9. The highest BCUT2D eigenvalue weighted by Gasteiger charge is 2.49. The molecular formula is C18H36O3. The molecule has 3 nitrogen and oxygen atoms in total. The average molecular weight is 300 g/mol. The van der Waals surface area contributed by atoms with Crippen molar-refractivity contribution in [2.24, 2.45) is 16.2 Å². The quantitative estimate of drug-likeness (QED) is 0.701. The fourth-order valence-corrected chi connectivity index (χ4v) is 2.41. The van der Waals surface area contributed by atoms with Gasteiger partial charge in [-0.1, -0.05) is 48.0 Å². The number of aliphatic hydroxyl groups is 1. The molecule has 0 fully saturated rings. The largest absolute Gasteiger partial charge is 0.459 e. The summed E-state index contributed by atoms with van der Waals surface area (Å²) in [6.07, 6.45) is 2.26. The van der Waals surface area contributed by atoms with Crippen LogP contribution in [-0.2, 0) is 9.53 Å². The second-order valence-electron chi connectivity index (χ2n) is 8.90. The SMILES string of the molecule is CCC(C)(C)CC(C)(C(=O)OC(C)(C)CCO)C(C)(C)C. The maximum absolute atomic E-state index is 12.9. The molecule has 126 valence electrons. The van der Waals surface area contributed by atoms with Gasteiger partial charge in [-0.3, -0.25) is 4.79 Å². The lowest BCUT2D eigenvalue weighted by molar-refractivity contribution is -0.179. The topological polar surface area (TPSA) is 46.5 Å². The number of esters is 1. The number of aliphatic hydroxyl groups excluding tert-OH is 1. The van der Waals surface area contributed by atoms with Crippen LogP contribution in [0.25, 0.3) is 0 Å². The van der Waals surface area contributed by atoms with Gasteiger partial charge in [0, 0.05) is 13.0 Å². The van der Waals surface area contributed by atoms with E-state index in [2.05, 4.69) is 41.5 Å². The van der Waals surface area contributed by atoms with Crippen molar-refractivity contribution in [1.29, 1.82) is 0 Å². The fourth-order valence-electron chi connectivity index (χ4n) is 2.41. The van der Waals surface area contributed by atoms with Crippen molar-refractivity contribution >= 4 is 5.97 Å². The molecule has 1 atom stereocenters. The second kappa shape index (κ2) is 6.68. The van der Waals surface area contributed by atoms with Crippen LogP contribution in [0.5, 0.6) is 0 Å². The van der Waals surface area contributed by atoms with Gasteiger partial charge in [0.1, 0.15) is 5.60 Å². The Morgan fingerprint density at radius 1 is 1.00 bits per heavy atom. The number of rotatable bonds is 7. The first-order valence-corrected chi connectivity index (χ1v) is 8.05. The van der Waals surface area contributed by atoms with Gasteiger partial charge in [0.15, 0.2) is 0 Å². The number of ether oxygens (including phenoxy) is 1. The summed E-state index contributed by atoms with van der Waals surface area (Å²) in [7, 11) is 0. The van der Waals surface area contributed by atoms with E-state index in [1.165, 1.54) is 0 Å². The van der Waals surface area contributed by atoms with Crippen LogP contribution in [-0.4, -0.2) is 23.3 Å². The third-order valence-electron chi connectivity index (χ3n) is 4.98. The van der Waals surface area contributed by atoms with Gasteiger partial charge in [0.2, 0.25) is 0 Å². The average Bonchev–Trinajstić information content (AvgIpc) is 2.25. The smallest absolute Gasteiger partial charge is 0.312 e. The minimum absolute atomic E-state index is 0.0208. The first kappa shape index (κ1) is 20.4. The molecule has 0 saturated heterocycles. The highest BCUT2D eigenvalue weighted by Crippen LogP contribution is 2.49. The summed E-state index contributed by atoms with van der Waals surface area (Å²) >= 11 is 0. The van der Waals surface area contributed by atoms with E-state index in [1.807, 2.05) is 20.8 Å². The zero-order valence-electron chi connectivity index (χ0n) is 15.6. The van der Waals surface area contributed by atoms with E-state index >= 15 is 0 Å². The molecule has 0 amide bonds.